The van der Waals surface area contributed by atoms with E-state index in [-0.39, 0.29) is 12.5 Å². The van der Waals surface area contributed by atoms with Gasteiger partial charge in [-0.3, -0.25) is 4.99 Å². The van der Waals surface area contributed by atoms with Crippen LogP contribution in [0.25, 0.3) is 0 Å². The zero-order chi connectivity index (χ0) is 17.2. The molecule has 0 aromatic heterocycles. The molecule has 138 valence electrons. The molecule has 5 nitrogen and oxygen atoms in total. The Bertz CT molecular complexity index is 269. The van der Waals surface area contributed by atoms with Crippen molar-refractivity contribution in [1.29, 1.82) is 0 Å². The maximum Gasteiger partial charge on any atom is 0.185 e. The van der Waals surface area contributed by atoms with Crippen LogP contribution < -0.4 is 11.5 Å². The number of aliphatic imine (C=N–C) groups is 1. The van der Waals surface area contributed by atoms with E-state index in [2.05, 4.69) is 11.9 Å². The van der Waals surface area contributed by atoms with Gasteiger partial charge in [0.25, 0.3) is 0 Å². The molecule has 0 saturated carbocycles. The van der Waals surface area contributed by atoms with Crippen molar-refractivity contribution in [2.75, 3.05) is 19.8 Å². The summed E-state index contributed by atoms with van der Waals surface area (Å²) in [6.45, 7) is 3.48. The number of aliphatic hydroxyl groups is 1. The minimum Gasteiger partial charge on any atom is -0.389 e. The minimum atomic E-state index is -0.616. The summed E-state index contributed by atoms with van der Waals surface area (Å²) >= 11 is 0. The van der Waals surface area contributed by atoms with Crippen molar-refractivity contribution in [1.82, 2.24) is 0 Å². The van der Waals surface area contributed by atoms with Gasteiger partial charge in [-0.2, -0.15) is 0 Å². The number of ether oxygens (including phenoxy) is 1. The van der Waals surface area contributed by atoms with Gasteiger partial charge in [0.15, 0.2) is 5.96 Å². The highest BCUT2D eigenvalue weighted by Crippen LogP contribution is 2.11. The van der Waals surface area contributed by atoms with Gasteiger partial charge in [-0.1, -0.05) is 77.6 Å². The first kappa shape index (κ1) is 22.2. The highest BCUT2D eigenvalue weighted by Gasteiger charge is 2.02. The van der Waals surface area contributed by atoms with Gasteiger partial charge in [-0.25, -0.2) is 0 Å². The maximum atomic E-state index is 9.55. The molecule has 1 unspecified atom stereocenters. The quantitative estimate of drug-likeness (QED) is 0.217. The summed E-state index contributed by atoms with van der Waals surface area (Å²) < 4.78 is 5.42. The van der Waals surface area contributed by atoms with Gasteiger partial charge in [-0.05, 0) is 6.42 Å². The van der Waals surface area contributed by atoms with Crippen molar-refractivity contribution in [2.24, 2.45) is 16.5 Å². The lowest BCUT2D eigenvalue weighted by atomic mass is 10.1. The third-order valence-corrected chi connectivity index (χ3v) is 3.94. The summed E-state index contributed by atoms with van der Waals surface area (Å²) in [6.07, 6.45) is 15.4. The predicted octanol–water partition coefficient (Wildman–Crippen LogP) is 3.34. The van der Waals surface area contributed by atoms with Crippen LogP contribution in [0.15, 0.2) is 4.99 Å². The van der Waals surface area contributed by atoms with Gasteiger partial charge in [0.05, 0.1) is 19.3 Å². The smallest absolute Gasteiger partial charge is 0.185 e. The third-order valence-electron chi connectivity index (χ3n) is 3.94. The molecule has 1 atom stereocenters. The molecule has 0 aliphatic rings. The Morgan fingerprint density at radius 2 is 1.35 bits per heavy atom. The Balaban J connectivity index is 3.12. The summed E-state index contributed by atoms with van der Waals surface area (Å²) in [4.78, 5) is 3.75. The van der Waals surface area contributed by atoms with E-state index in [9.17, 15) is 5.11 Å². The summed E-state index contributed by atoms with van der Waals surface area (Å²) in [5.74, 6) is 0.00464. The number of unbranched alkanes of at least 4 members (excludes halogenated alkanes) is 11. The number of hydrogen-bond donors (Lipinski definition) is 3. The standard InChI is InChI=1S/C18H39N3O2/c1-2-3-4-5-6-7-8-9-10-11-12-13-14-23-16-17(22)15-21-18(19)20/h17,22H,2-16H2,1H3,(H4,19,20,21). The Labute approximate surface area is 142 Å². The van der Waals surface area contributed by atoms with Crippen molar-refractivity contribution < 1.29 is 9.84 Å². The summed E-state index contributed by atoms with van der Waals surface area (Å²) in [7, 11) is 0. The summed E-state index contributed by atoms with van der Waals surface area (Å²) in [5.41, 5.74) is 10.4. The fourth-order valence-electron chi connectivity index (χ4n) is 2.53. The first-order chi connectivity index (χ1) is 11.2. The first-order valence-corrected chi connectivity index (χ1v) is 9.48. The van der Waals surface area contributed by atoms with Crippen molar-refractivity contribution in [2.45, 2.75) is 90.1 Å². The predicted molar refractivity (Wildman–Crippen MR) is 98.6 cm³/mol. The highest BCUT2D eigenvalue weighted by atomic mass is 16.5. The molecule has 0 aromatic carbocycles. The zero-order valence-corrected chi connectivity index (χ0v) is 15.1. The Hall–Kier alpha value is -0.810. The van der Waals surface area contributed by atoms with Crippen LogP contribution in [0, 0.1) is 0 Å². The number of nitrogens with two attached hydrogens (primary N) is 2. The van der Waals surface area contributed by atoms with Gasteiger partial charge in [-0.15, -0.1) is 0 Å². The van der Waals surface area contributed by atoms with Crippen LogP contribution in [0.1, 0.15) is 84.0 Å². The zero-order valence-electron chi connectivity index (χ0n) is 15.1. The Kier molecular flexibility index (Phi) is 16.9. The lowest BCUT2D eigenvalue weighted by Crippen LogP contribution is -2.26. The average molecular weight is 330 g/mol. The fraction of sp³-hybridized carbons (Fsp3) is 0.944. The SMILES string of the molecule is CCCCCCCCCCCCCCOCC(O)CN=C(N)N. The average Bonchev–Trinajstić information content (AvgIpc) is 2.53. The van der Waals surface area contributed by atoms with Crippen LogP contribution in [0.4, 0.5) is 0 Å². The van der Waals surface area contributed by atoms with Gasteiger partial charge >= 0.3 is 0 Å². The molecule has 0 rings (SSSR count). The minimum absolute atomic E-state index is 0.00464. The first-order valence-electron chi connectivity index (χ1n) is 9.48. The van der Waals surface area contributed by atoms with E-state index in [4.69, 9.17) is 16.2 Å². The normalized spacial score (nSPS) is 12.3. The fourth-order valence-corrected chi connectivity index (χ4v) is 2.53. The van der Waals surface area contributed by atoms with E-state index in [0.717, 1.165) is 6.42 Å². The second-order valence-corrected chi connectivity index (χ2v) is 6.38. The molecule has 5 heteroatoms. The number of guanidine groups is 1. The monoisotopic (exact) mass is 329 g/mol. The molecule has 0 saturated heterocycles. The van der Waals surface area contributed by atoms with Crippen LogP contribution in [-0.2, 0) is 4.74 Å². The molecule has 0 bridgehead atoms. The van der Waals surface area contributed by atoms with Gasteiger partial charge in [0, 0.05) is 6.61 Å². The second kappa shape index (κ2) is 17.5. The van der Waals surface area contributed by atoms with Gasteiger partial charge < -0.3 is 21.3 Å². The van der Waals surface area contributed by atoms with Gasteiger partial charge in [0.1, 0.15) is 0 Å². The molecule has 0 spiro atoms. The number of nitrogens with zero attached hydrogens (tertiary/aromatic N) is 1. The largest absolute Gasteiger partial charge is 0.389 e. The Morgan fingerprint density at radius 1 is 0.870 bits per heavy atom. The lowest BCUT2D eigenvalue weighted by molar-refractivity contribution is 0.0399. The van der Waals surface area contributed by atoms with Crippen molar-refractivity contribution in [3.05, 3.63) is 0 Å². The molecule has 0 aromatic rings. The van der Waals surface area contributed by atoms with Crippen molar-refractivity contribution in [3.63, 3.8) is 0 Å². The maximum absolute atomic E-state index is 9.55. The van der Waals surface area contributed by atoms with E-state index in [0.29, 0.717) is 13.2 Å². The number of hydrogen-bond acceptors (Lipinski definition) is 3. The molecule has 0 amide bonds. The second-order valence-electron chi connectivity index (χ2n) is 6.38. The lowest BCUT2D eigenvalue weighted by Gasteiger charge is -2.09. The molecule has 0 aliphatic carbocycles. The van der Waals surface area contributed by atoms with E-state index in [1.807, 2.05) is 0 Å². The van der Waals surface area contributed by atoms with Crippen molar-refractivity contribution >= 4 is 5.96 Å². The molecule has 0 aliphatic heterocycles. The third kappa shape index (κ3) is 19.1. The molecule has 23 heavy (non-hydrogen) atoms. The van der Waals surface area contributed by atoms with E-state index in [1.165, 1.54) is 70.6 Å². The number of rotatable bonds is 17. The molecular formula is C18H39N3O2. The van der Waals surface area contributed by atoms with Gasteiger partial charge in [0.2, 0.25) is 0 Å². The molecule has 5 N–H and O–H groups in total. The molecule has 0 fully saturated rings. The van der Waals surface area contributed by atoms with Crippen LogP contribution in [-0.4, -0.2) is 36.9 Å². The molecule has 0 radical (unpaired) electrons. The van der Waals surface area contributed by atoms with Crippen LogP contribution >= 0.6 is 0 Å². The van der Waals surface area contributed by atoms with Crippen molar-refractivity contribution in [3.8, 4) is 0 Å². The number of aliphatic hydroxyl groups excluding tert-OH is 1. The summed E-state index contributed by atoms with van der Waals surface area (Å²) in [5, 5.41) is 9.55. The summed E-state index contributed by atoms with van der Waals surface area (Å²) in [6, 6.07) is 0. The molecular weight excluding hydrogens is 290 g/mol. The van der Waals surface area contributed by atoms with E-state index < -0.39 is 6.10 Å². The van der Waals surface area contributed by atoms with Crippen LogP contribution in [0.3, 0.4) is 0 Å². The van der Waals surface area contributed by atoms with Crippen LogP contribution in [0.5, 0.6) is 0 Å². The van der Waals surface area contributed by atoms with E-state index in [1.54, 1.807) is 0 Å². The van der Waals surface area contributed by atoms with E-state index >= 15 is 0 Å². The highest BCUT2D eigenvalue weighted by molar-refractivity contribution is 5.75. The van der Waals surface area contributed by atoms with Crippen LogP contribution in [0.2, 0.25) is 0 Å². The Morgan fingerprint density at radius 3 is 1.83 bits per heavy atom. The molecule has 0 heterocycles. The topological polar surface area (TPSA) is 93.9 Å².